The van der Waals surface area contributed by atoms with Gasteiger partial charge in [-0.05, 0) is 42.0 Å². The topological polar surface area (TPSA) is 30.9 Å². The van der Waals surface area contributed by atoms with Gasteiger partial charge in [0, 0.05) is 36.3 Å². The summed E-state index contributed by atoms with van der Waals surface area (Å²) in [5, 5.41) is 0. The number of ether oxygens (including phenoxy) is 3. The van der Waals surface area contributed by atoms with E-state index in [1.807, 2.05) is 41.3 Å². The summed E-state index contributed by atoms with van der Waals surface area (Å²) in [6, 6.07) is 15.3. The Hall–Kier alpha value is -3.12. The molecule has 30 heavy (non-hydrogen) atoms. The molecule has 6 heteroatoms. The normalized spacial score (nSPS) is 13.9. The standard InChI is InChI=1S/C24H23F2NO3/c1-28-22-6-4-3-5-20(22)16-11-18-15-27(9-10-30-24(18)23(13-16)29-2)14-17-12-19(25)7-8-21(17)26/h3-8,11-13H,9-10,14-15H2,1-2H3. The molecule has 4 nitrogen and oxygen atoms in total. The van der Waals surface area contributed by atoms with Gasteiger partial charge in [-0.15, -0.1) is 0 Å². The van der Waals surface area contributed by atoms with Gasteiger partial charge in [-0.1, -0.05) is 18.2 Å². The van der Waals surface area contributed by atoms with Crippen molar-refractivity contribution in [2.24, 2.45) is 0 Å². The van der Waals surface area contributed by atoms with Crippen LogP contribution in [-0.4, -0.2) is 32.3 Å². The van der Waals surface area contributed by atoms with Crippen molar-refractivity contribution in [2.45, 2.75) is 13.1 Å². The molecule has 0 aromatic heterocycles. The third-order valence-electron chi connectivity index (χ3n) is 5.22. The molecule has 0 saturated carbocycles. The number of nitrogens with zero attached hydrogens (tertiary/aromatic N) is 1. The fourth-order valence-electron chi connectivity index (χ4n) is 3.77. The summed E-state index contributed by atoms with van der Waals surface area (Å²) in [6.45, 7) is 1.81. The van der Waals surface area contributed by atoms with Gasteiger partial charge in [-0.25, -0.2) is 8.78 Å². The van der Waals surface area contributed by atoms with Crippen LogP contribution in [0.3, 0.4) is 0 Å². The average molecular weight is 411 g/mol. The fourth-order valence-corrected chi connectivity index (χ4v) is 3.77. The first kappa shape index (κ1) is 20.2. The summed E-state index contributed by atoms with van der Waals surface area (Å²) in [4.78, 5) is 2.04. The van der Waals surface area contributed by atoms with Crippen LogP contribution in [0.25, 0.3) is 11.1 Å². The van der Waals surface area contributed by atoms with Crippen molar-refractivity contribution in [1.82, 2.24) is 4.90 Å². The van der Waals surface area contributed by atoms with Gasteiger partial charge in [0.2, 0.25) is 0 Å². The molecule has 3 aromatic rings. The monoisotopic (exact) mass is 411 g/mol. The Balaban J connectivity index is 1.70. The number of hydrogen-bond acceptors (Lipinski definition) is 4. The molecular formula is C24H23F2NO3. The Morgan fingerprint density at radius 1 is 0.967 bits per heavy atom. The molecule has 0 aliphatic carbocycles. The Kier molecular flexibility index (Phi) is 5.86. The van der Waals surface area contributed by atoms with Gasteiger partial charge in [-0.3, -0.25) is 4.90 Å². The SMILES string of the molecule is COc1ccccc1-c1cc2c(c(OC)c1)OCCN(Cc1cc(F)ccc1F)C2. The van der Waals surface area contributed by atoms with Crippen LogP contribution in [0.4, 0.5) is 8.78 Å². The van der Waals surface area contributed by atoms with Crippen molar-refractivity contribution in [3.05, 3.63) is 77.4 Å². The second kappa shape index (κ2) is 8.71. The minimum absolute atomic E-state index is 0.285. The molecule has 0 fully saturated rings. The molecule has 0 spiro atoms. The van der Waals surface area contributed by atoms with Gasteiger partial charge in [-0.2, -0.15) is 0 Å². The summed E-state index contributed by atoms with van der Waals surface area (Å²) in [5.41, 5.74) is 3.12. The lowest BCUT2D eigenvalue weighted by atomic mass is 10.0. The Labute approximate surface area is 174 Å². The molecule has 0 amide bonds. The van der Waals surface area contributed by atoms with E-state index >= 15 is 0 Å². The van der Waals surface area contributed by atoms with Gasteiger partial charge < -0.3 is 14.2 Å². The maximum Gasteiger partial charge on any atom is 0.165 e. The highest BCUT2D eigenvalue weighted by Gasteiger charge is 2.22. The van der Waals surface area contributed by atoms with Gasteiger partial charge in [0.1, 0.15) is 24.0 Å². The van der Waals surface area contributed by atoms with E-state index in [4.69, 9.17) is 14.2 Å². The van der Waals surface area contributed by atoms with Gasteiger partial charge in [0.25, 0.3) is 0 Å². The van der Waals surface area contributed by atoms with E-state index in [-0.39, 0.29) is 6.54 Å². The zero-order valence-corrected chi connectivity index (χ0v) is 17.0. The molecule has 0 atom stereocenters. The van der Waals surface area contributed by atoms with Crippen molar-refractivity contribution in [3.63, 3.8) is 0 Å². The number of para-hydroxylation sites is 1. The van der Waals surface area contributed by atoms with Crippen LogP contribution in [0.5, 0.6) is 17.2 Å². The predicted molar refractivity (Wildman–Crippen MR) is 111 cm³/mol. The van der Waals surface area contributed by atoms with Crippen molar-refractivity contribution < 1.29 is 23.0 Å². The molecule has 0 N–H and O–H groups in total. The van der Waals surface area contributed by atoms with Crippen molar-refractivity contribution in [1.29, 1.82) is 0 Å². The smallest absolute Gasteiger partial charge is 0.165 e. The van der Waals surface area contributed by atoms with E-state index in [1.165, 1.54) is 6.07 Å². The molecule has 156 valence electrons. The number of hydrogen-bond donors (Lipinski definition) is 0. The highest BCUT2D eigenvalue weighted by molar-refractivity contribution is 5.74. The molecule has 1 heterocycles. The molecule has 0 radical (unpaired) electrons. The van der Waals surface area contributed by atoms with E-state index in [1.54, 1.807) is 14.2 Å². The highest BCUT2D eigenvalue weighted by Crippen LogP contribution is 2.40. The highest BCUT2D eigenvalue weighted by atomic mass is 19.1. The summed E-state index contributed by atoms with van der Waals surface area (Å²) in [6.07, 6.45) is 0. The summed E-state index contributed by atoms with van der Waals surface area (Å²) >= 11 is 0. The van der Waals surface area contributed by atoms with Crippen LogP contribution in [0.15, 0.2) is 54.6 Å². The third kappa shape index (κ3) is 4.09. The summed E-state index contributed by atoms with van der Waals surface area (Å²) in [7, 11) is 3.24. The minimum atomic E-state index is -0.446. The largest absolute Gasteiger partial charge is 0.496 e. The summed E-state index contributed by atoms with van der Waals surface area (Å²) in [5.74, 6) is 1.21. The molecule has 0 unspecified atom stereocenters. The quantitative estimate of drug-likeness (QED) is 0.588. The molecule has 1 aliphatic heterocycles. The molecule has 0 saturated heterocycles. The van der Waals surface area contributed by atoms with Crippen LogP contribution in [0.1, 0.15) is 11.1 Å². The van der Waals surface area contributed by atoms with Gasteiger partial charge >= 0.3 is 0 Å². The molecule has 1 aliphatic rings. The third-order valence-corrected chi connectivity index (χ3v) is 5.22. The van der Waals surface area contributed by atoms with E-state index in [0.29, 0.717) is 36.8 Å². The van der Waals surface area contributed by atoms with Crippen LogP contribution >= 0.6 is 0 Å². The van der Waals surface area contributed by atoms with E-state index in [0.717, 1.165) is 34.6 Å². The fraction of sp³-hybridized carbons (Fsp3) is 0.250. The maximum absolute atomic E-state index is 14.2. The molecule has 4 rings (SSSR count). The number of fused-ring (bicyclic) bond motifs is 1. The van der Waals surface area contributed by atoms with E-state index in [9.17, 15) is 8.78 Å². The first-order valence-corrected chi connectivity index (χ1v) is 9.72. The maximum atomic E-state index is 14.2. The van der Waals surface area contributed by atoms with Gasteiger partial charge in [0.15, 0.2) is 11.5 Å². The van der Waals surface area contributed by atoms with E-state index in [2.05, 4.69) is 0 Å². The first-order chi connectivity index (χ1) is 14.6. The molecule has 3 aromatic carbocycles. The van der Waals surface area contributed by atoms with Crippen LogP contribution in [0.2, 0.25) is 0 Å². The van der Waals surface area contributed by atoms with Crippen molar-refractivity contribution in [2.75, 3.05) is 27.4 Å². The lowest BCUT2D eigenvalue weighted by Crippen LogP contribution is -2.25. The number of methoxy groups -OCH3 is 2. The average Bonchev–Trinajstić information content (AvgIpc) is 2.97. The van der Waals surface area contributed by atoms with Crippen LogP contribution in [-0.2, 0) is 13.1 Å². The first-order valence-electron chi connectivity index (χ1n) is 9.72. The Morgan fingerprint density at radius 3 is 2.57 bits per heavy atom. The zero-order valence-electron chi connectivity index (χ0n) is 17.0. The Bertz CT molecular complexity index is 1050. The summed E-state index contributed by atoms with van der Waals surface area (Å²) < 4.78 is 44.8. The van der Waals surface area contributed by atoms with Crippen molar-refractivity contribution in [3.8, 4) is 28.4 Å². The second-order valence-corrected chi connectivity index (χ2v) is 7.16. The number of halogens is 2. The minimum Gasteiger partial charge on any atom is -0.496 e. The lowest BCUT2D eigenvalue weighted by molar-refractivity contribution is 0.214. The Morgan fingerprint density at radius 2 is 1.77 bits per heavy atom. The predicted octanol–water partition coefficient (Wildman–Crippen LogP) is 5.04. The van der Waals surface area contributed by atoms with Crippen LogP contribution < -0.4 is 14.2 Å². The number of rotatable bonds is 5. The lowest BCUT2D eigenvalue weighted by Gasteiger charge is -2.20. The number of benzene rings is 3. The van der Waals surface area contributed by atoms with Gasteiger partial charge in [0.05, 0.1) is 14.2 Å². The molecular weight excluding hydrogens is 388 g/mol. The second-order valence-electron chi connectivity index (χ2n) is 7.16. The molecule has 0 bridgehead atoms. The van der Waals surface area contributed by atoms with E-state index < -0.39 is 11.6 Å². The van der Waals surface area contributed by atoms with Crippen LogP contribution in [0, 0.1) is 11.6 Å². The van der Waals surface area contributed by atoms with Crippen molar-refractivity contribution >= 4 is 0 Å². The zero-order chi connectivity index (χ0) is 21.1.